The SMILES string of the molecule is CC1CCC(CN2CCCCC2)OC1. The monoisotopic (exact) mass is 197 g/mol. The molecule has 2 heteroatoms. The van der Waals surface area contributed by atoms with Crippen molar-refractivity contribution in [2.75, 3.05) is 26.2 Å². The molecule has 2 saturated heterocycles. The van der Waals surface area contributed by atoms with E-state index in [9.17, 15) is 0 Å². The summed E-state index contributed by atoms with van der Waals surface area (Å²) in [5, 5.41) is 0. The van der Waals surface area contributed by atoms with Gasteiger partial charge in [0.05, 0.1) is 6.10 Å². The van der Waals surface area contributed by atoms with Gasteiger partial charge in [-0.3, -0.25) is 0 Å². The first-order valence-electron chi connectivity index (χ1n) is 6.18. The second-order valence-electron chi connectivity index (χ2n) is 5.00. The summed E-state index contributed by atoms with van der Waals surface area (Å²) in [4.78, 5) is 2.59. The topological polar surface area (TPSA) is 12.5 Å². The molecule has 2 heterocycles. The van der Waals surface area contributed by atoms with Gasteiger partial charge in [-0.05, 0) is 44.7 Å². The minimum absolute atomic E-state index is 0.532. The van der Waals surface area contributed by atoms with Crippen LogP contribution in [0.5, 0.6) is 0 Å². The molecule has 0 radical (unpaired) electrons. The fourth-order valence-corrected chi connectivity index (χ4v) is 2.51. The maximum atomic E-state index is 5.85. The Labute approximate surface area is 87.6 Å². The van der Waals surface area contributed by atoms with E-state index in [0.717, 1.165) is 12.5 Å². The van der Waals surface area contributed by atoms with Crippen molar-refractivity contribution in [1.82, 2.24) is 4.90 Å². The summed E-state index contributed by atoms with van der Waals surface area (Å²) in [6.45, 7) is 7.06. The summed E-state index contributed by atoms with van der Waals surface area (Å²) in [5.74, 6) is 0.785. The van der Waals surface area contributed by atoms with Crippen molar-refractivity contribution < 1.29 is 4.74 Å². The molecular formula is C12H23NO. The average molecular weight is 197 g/mol. The number of hydrogen-bond donors (Lipinski definition) is 0. The molecule has 0 saturated carbocycles. The number of nitrogens with zero attached hydrogens (tertiary/aromatic N) is 1. The van der Waals surface area contributed by atoms with Crippen LogP contribution in [0.15, 0.2) is 0 Å². The molecule has 82 valence electrons. The van der Waals surface area contributed by atoms with Crippen molar-refractivity contribution >= 4 is 0 Å². The molecule has 2 aliphatic rings. The normalized spacial score (nSPS) is 35.8. The van der Waals surface area contributed by atoms with Gasteiger partial charge in [0.2, 0.25) is 0 Å². The number of hydrogen-bond acceptors (Lipinski definition) is 2. The predicted octanol–water partition coefficient (Wildman–Crippen LogP) is 2.29. The van der Waals surface area contributed by atoms with E-state index in [4.69, 9.17) is 4.74 Å². The second-order valence-corrected chi connectivity index (χ2v) is 5.00. The molecule has 0 amide bonds. The van der Waals surface area contributed by atoms with E-state index < -0.39 is 0 Å². The Balaban J connectivity index is 1.68. The molecule has 0 spiro atoms. The van der Waals surface area contributed by atoms with E-state index in [0.29, 0.717) is 6.10 Å². The zero-order chi connectivity index (χ0) is 9.80. The fraction of sp³-hybridized carbons (Fsp3) is 1.00. The minimum Gasteiger partial charge on any atom is -0.377 e. The minimum atomic E-state index is 0.532. The van der Waals surface area contributed by atoms with Crippen LogP contribution in [0, 0.1) is 5.92 Å². The lowest BCUT2D eigenvalue weighted by Crippen LogP contribution is -2.39. The van der Waals surface area contributed by atoms with Gasteiger partial charge in [0.1, 0.15) is 0 Å². The van der Waals surface area contributed by atoms with Gasteiger partial charge in [-0.2, -0.15) is 0 Å². The zero-order valence-corrected chi connectivity index (χ0v) is 9.37. The van der Waals surface area contributed by atoms with E-state index in [1.165, 1.54) is 51.7 Å². The molecule has 2 fully saturated rings. The molecule has 0 aliphatic carbocycles. The molecule has 2 atom stereocenters. The Bertz CT molecular complexity index is 158. The second kappa shape index (κ2) is 5.13. The highest BCUT2D eigenvalue weighted by Gasteiger charge is 2.21. The number of likely N-dealkylation sites (tertiary alicyclic amines) is 1. The largest absolute Gasteiger partial charge is 0.377 e. The third-order valence-corrected chi connectivity index (χ3v) is 3.51. The summed E-state index contributed by atoms with van der Waals surface area (Å²) >= 11 is 0. The lowest BCUT2D eigenvalue weighted by atomic mass is 9.99. The van der Waals surface area contributed by atoms with Crippen LogP contribution >= 0.6 is 0 Å². The third kappa shape index (κ3) is 2.96. The third-order valence-electron chi connectivity index (χ3n) is 3.51. The standard InChI is InChI=1S/C12H23NO/c1-11-5-6-12(14-10-11)9-13-7-3-2-4-8-13/h11-12H,2-10H2,1H3. The van der Waals surface area contributed by atoms with Crippen molar-refractivity contribution in [3.63, 3.8) is 0 Å². The molecule has 0 aromatic heterocycles. The Morgan fingerprint density at radius 2 is 1.93 bits per heavy atom. The Hall–Kier alpha value is -0.0800. The quantitative estimate of drug-likeness (QED) is 0.673. The van der Waals surface area contributed by atoms with Crippen molar-refractivity contribution in [3.05, 3.63) is 0 Å². The van der Waals surface area contributed by atoms with E-state index in [-0.39, 0.29) is 0 Å². The van der Waals surface area contributed by atoms with Gasteiger partial charge >= 0.3 is 0 Å². The van der Waals surface area contributed by atoms with Crippen molar-refractivity contribution in [3.8, 4) is 0 Å². The van der Waals surface area contributed by atoms with Crippen LogP contribution in [-0.4, -0.2) is 37.2 Å². The lowest BCUT2D eigenvalue weighted by molar-refractivity contribution is -0.0306. The molecule has 0 bridgehead atoms. The van der Waals surface area contributed by atoms with Crippen LogP contribution < -0.4 is 0 Å². The Morgan fingerprint density at radius 1 is 1.14 bits per heavy atom. The highest BCUT2D eigenvalue weighted by Crippen LogP contribution is 2.20. The summed E-state index contributed by atoms with van der Waals surface area (Å²) in [6, 6.07) is 0. The number of piperidine rings is 1. The smallest absolute Gasteiger partial charge is 0.0702 e. The molecule has 2 aliphatic heterocycles. The van der Waals surface area contributed by atoms with E-state index in [2.05, 4.69) is 11.8 Å². The van der Waals surface area contributed by atoms with Crippen LogP contribution in [0.1, 0.15) is 39.0 Å². The molecule has 0 N–H and O–H groups in total. The van der Waals surface area contributed by atoms with Crippen LogP contribution in [0.2, 0.25) is 0 Å². The van der Waals surface area contributed by atoms with Gasteiger partial charge in [-0.25, -0.2) is 0 Å². The Morgan fingerprint density at radius 3 is 2.57 bits per heavy atom. The van der Waals surface area contributed by atoms with Crippen molar-refractivity contribution in [2.24, 2.45) is 5.92 Å². The molecule has 2 unspecified atom stereocenters. The molecule has 14 heavy (non-hydrogen) atoms. The van der Waals surface area contributed by atoms with E-state index in [1.54, 1.807) is 0 Å². The van der Waals surface area contributed by atoms with E-state index in [1.807, 2.05) is 0 Å². The first-order chi connectivity index (χ1) is 6.84. The van der Waals surface area contributed by atoms with Gasteiger partial charge < -0.3 is 9.64 Å². The molecular weight excluding hydrogens is 174 g/mol. The fourth-order valence-electron chi connectivity index (χ4n) is 2.51. The average Bonchev–Trinajstić information content (AvgIpc) is 2.23. The maximum absolute atomic E-state index is 5.85. The first-order valence-corrected chi connectivity index (χ1v) is 6.18. The molecule has 2 rings (SSSR count). The maximum Gasteiger partial charge on any atom is 0.0702 e. The first kappa shape index (κ1) is 10.4. The number of ether oxygens (including phenoxy) is 1. The highest BCUT2D eigenvalue weighted by molar-refractivity contribution is 4.73. The Kier molecular flexibility index (Phi) is 3.82. The van der Waals surface area contributed by atoms with E-state index >= 15 is 0 Å². The number of rotatable bonds is 2. The highest BCUT2D eigenvalue weighted by atomic mass is 16.5. The van der Waals surface area contributed by atoms with Gasteiger partial charge in [0.15, 0.2) is 0 Å². The lowest BCUT2D eigenvalue weighted by Gasteiger charge is -2.33. The summed E-state index contributed by atoms with van der Waals surface area (Å²) < 4.78 is 5.85. The summed E-state index contributed by atoms with van der Waals surface area (Å²) in [6.07, 6.45) is 7.38. The molecule has 0 aromatic rings. The van der Waals surface area contributed by atoms with Crippen molar-refractivity contribution in [2.45, 2.75) is 45.1 Å². The molecule has 0 aromatic carbocycles. The van der Waals surface area contributed by atoms with Gasteiger partial charge in [-0.15, -0.1) is 0 Å². The van der Waals surface area contributed by atoms with Crippen LogP contribution in [-0.2, 0) is 4.74 Å². The van der Waals surface area contributed by atoms with Crippen LogP contribution in [0.4, 0.5) is 0 Å². The molecule has 2 nitrogen and oxygen atoms in total. The predicted molar refractivity (Wildman–Crippen MR) is 58.4 cm³/mol. The summed E-state index contributed by atoms with van der Waals surface area (Å²) in [7, 11) is 0. The van der Waals surface area contributed by atoms with Crippen molar-refractivity contribution in [1.29, 1.82) is 0 Å². The zero-order valence-electron chi connectivity index (χ0n) is 9.37. The van der Waals surface area contributed by atoms with Crippen LogP contribution in [0.25, 0.3) is 0 Å². The van der Waals surface area contributed by atoms with Gasteiger partial charge in [-0.1, -0.05) is 13.3 Å². The van der Waals surface area contributed by atoms with Gasteiger partial charge in [0.25, 0.3) is 0 Å². The summed E-state index contributed by atoms with van der Waals surface area (Å²) in [5.41, 5.74) is 0. The van der Waals surface area contributed by atoms with Gasteiger partial charge in [0, 0.05) is 13.2 Å². The van der Waals surface area contributed by atoms with Crippen LogP contribution in [0.3, 0.4) is 0 Å².